The summed E-state index contributed by atoms with van der Waals surface area (Å²) in [6.45, 7) is 13.8. The molecule has 0 saturated carbocycles. The molecule has 2 nitrogen and oxygen atoms in total. The number of halogens is 1. The number of benzene rings is 1. The number of hydrogen-bond acceptors (Lipinski definition) is 2. The van der Waals surface area contributed by atoms with Gasteiger partial charge in [0.1, 0.15) is 5.75 Å². The van der Waals surface area contributed by atoms with Crippen molar-refractivity contribution in [2.75, 3.05) is 6.61 Å². The summed E-state index contributed by atoms with van der Waals surface area (Å²) in [5, 5.41) is 0. The third-order valence-electron chi connectivity index (χ3n) is 3.21. The summed E-state index contributed by atoms with van der Waals surface area (Å²) < 4.78 is 5.93. The second-order valence-corrected chi connectivity index (χ2v) is 6.56. The van der Waals surface area contributed by atoms with Gasteiger partial charge in [-0.15, -0.1) is 12.4 Å². The zero-order chi connectivity index (χ0) is 14.6. The predicted octanol–water partition coefficient (Wildman–Crippen LogP) is 4.39. The molecule has 116 valence electrons. The molecule has 1 aromatic rings. The van der Waals surface area contributed by atoms with E-state index in [-0.39, 0.29) is 23.9 Å². The Bertz CT molecular complexity index is 422. The molecule has 0 heterocycles. The quantitative estimate of drug-likeness (QED) is 0.875. The molecule has 1 atom stereocenters. The second kappa shape index (κ2) is 7.90. The zero-order valence-corrected chi connectivity index (χ0v) is 14.6. The molecule has 0 fully saturated rings. The molecule has 0 radical (unpaired) electrons. The lowest BCUT2D eigenvalue weighted by atomic mass is 9.84. The molecule has 1 rings (SSSR count). The van der Waals surface area contributed by atoms with Crippen LogP contribution < -0.4 is 10.5 Å². The summed E-state index contributed by atoms with van der Waals surface area (Å²) in [6.07, 6.45) is 1.89. The van der Waals surface area contributed by atoms with Crippen LogP contribution in [0.4, 0.5) is 0 Å². The normalized spacial score (nSPS) is 12.8. The molecule has 1 aromatic carbocycles. The fourth-order valence-corrected chi connectivity index (χ4v) is 2.19. The molecular formula is C17H30ClNO. The van der Waals surface area contributed by atoms with Crippen molar-refractivity contribution >= 4 is 12.4 Å². The number of hydrogen-bond donors (Lipinski definition) is 1. The van der Waals surface area contributed by atoms with Crippen molar-refractivity contribution in [2.45, 2.75) is 65.8 Å². The highest BCUT2D eigenvalue weighted by atomic mass is 35.5. The zero-order valence-electron chi connectivity index (χ0n) is 13.7. The van der Waals surface area contributed by atoms with Gasteiger partial charge in [-0.25, -0.2) is 0 Å². The van der Waals surface area contributed by atoms with Crippen molar-refractivity contribution in [3.05, 3.63) is 28.8 Å². The summed E-state index contributed by atoms with van der Waals surface area (Å²) in [5.74, 6) is 1.03. The third kappa shape index (κ3) is 5.34. The van der Waals surface area contributed by atoms with E-state index in [9.17, 15) is 0 Å². The standard InChI is InChI=1S/C17H29NO.ClH/c1-7-8-19-16-12(2)9-15(17(4,5)6)11-14(16)10-13(3)18;/h9,11,13H,7-8,10,18H2,1-6H3;1H. The van der Waals surface area contributed by atoms with Crippen LogP contribution in [0.3, 0.4) is 0 Å². The fourth-order valence-electron chi connectivity index (χ4n) is 2.19. The van der Waals surface area contributed by atoms with Crippen LogP contribution in [0.2, 0.25) is 0 Å². The van der Waals surface area contributed by atoms with Gasteiger partial charge >= 0.3 is 0 Å². The van der Waals surface area contributed by atoms with Gasteiger partial charge in [0, 0.05) is 6.04 Å². The summed E-state index contributed by atoms with van der Waals surface area (Å²) in [6, 6.07) is 4.66. The first-order chi connectivity index (χ1) is 8.75. The molecule has 0 bridgehead atoms. The molecular weight excluding hydrogens is 270 g/mol. The maximum Gasteiger partial charge on any atom is 0.125 e. The van der Waals surface area contributed by atoms with Gasteiger partial charge in [-0.1, -0.05) is 39.8 Å². The maximum atomic E-state index is 5.98. The smallest absolute Gasteiger partial charge is 0.125 e. The molecule has 20 heavy (non-hydrogen) atoms. The van der Waals surface area contributed by atoms with Crippen molar-refractivity contribution in [2.24, 2.45) is 5.73 Å². The molecule has 0 spiro atoms. The van der Waals surface area contributed by atoms with E-state index in [1.807, 2.05) is 6.92 Å². The van der Waals surface area contributed by atoms with E-state index in [2.05, 4.69) is 46.8 Å². The van der Waals surface area contributed by atoms with Crippen molar-refractivity contribution in [3.63, 3.8) is 0 Å². The Balaban J connectivity index is 0.00000361. The van der Waals surface area contributed by atoms with Crippen molar-refractivity contribution < 1.29 is 4.74 Å². The third-order valence-corrected chi connectivity index (χ3v) is 3.21. The van der Waals surface area contributed by atoms with Gasteiger partial charge in [-0.05, 0) is 48.8 Å². The van der Waals surface area contributed by atoms with Gasteiger partial charge in [0.2, 0.25) is 0 Å². The van der Waals surface area contributed by atoms with E-state index in [4.69, 9.17) is 10.5 Å². The lowest BCUT2D eigenvalue weighted by Crippen LogP contribution is -2.20. The van der Waals surface area contributed by atoms with Crippen LogP contribution in [-0.2, 0) is 11.8 Å². The van der Waals surface area contributed by atoms with Crippen LogP contribution in [0.1, 0.15) is 57.7 Å². The Morgan fingerprint density at radius 2 is 1.85 bits per heavy atom. The molecule has 0 saturated heterocycles. The first-order valence-electron chi connectivity index (χ1n) is 7.28. The topological polar surface area (TPSA) is 35.2 Å². The van der Waals surface area contributed by atoms with Crippen molar-refractivity contribution in [1.82, 2.24) is 0 Å². The van der Waals surface area contributed by atoms with Gasteiger partial charge in [0.15, 0.2) is 0 Å². The van der Waals surface area contributed by atoms with E-state index in [0.29, 0.717) is 0 Å². The molecule has 0 amide bonds. The first kappa shape index (κ1) is 19.3. The lowest BCUT2D eigenvalue weighted by Gasteiger charge is -2.24. The van der Waals surface area contributed by atoms with Crippen LogP contribution in [0.5, 0.6) is 5.75 Å². The first-order valence-corrected chi connectivity index (χ1v) is 7.28. The van der Waals surface area contributed by atoms with Crippen LogP contribution in [0.15, 0.2) is 12.1 Å². The highest BCUT2D eigenvalue weighted by Crippen LogP contribution is 2.32. The highest BCUT2D eigenvalue weighted by Gasteiger charge is 2.18. The van der Waals surface area contributed by atoms with Gasteiger partial charge in [-0.2, -0.15) is 0 Å². The van der Waals surface area contributed by atoms with Crippen LogP contribution in [-0.4, -0.2) is 12.6 Å². The number of nitrogens with two attached hydrogens (primary N) is 1. The van der Waals surface area contributed by atoms with Gasteiger partial charge in [0.25, 0.3) is 0 Å². The minimum Gasteiger partial charge on any atom is -0.493 e. The molecule has 1 unspecified atom stereocenters. The van der Waals surface area contributed by atoms with Gasteiger partial charge < -0.3 is 10.5 Å². The van der Waals surface area contributed by atoms with Gasteiger partial charge in [-0.3, -0.25) is 0 Å². The van der Waals surface area contributed by atoms with Crippen molar-refractivity contribution in [1.29, 1.82) is 0 Å². The summed E-state index contributed by atoms with van der Waals surface area (Å²) in [4.78, 5) is 0. The van der Waals surface area contributed by atoms with Gasteiger partial charge in [0.05, 0.1) is 6.61 Å². The Labute approximate surface area is 130 Å². The highest BCUT2D eigenvalue weighted by molar-refractivity contribution is 5.85. The minimum atomic E-state index is 0. The Kier molecular flexibility index (Phi) is 7.61. The molecule has 3 heteroatoms. The average molecular weight is 300 g/mol. The van der Waals surface area contributed by atoms with E-state index in [0.717, 1.165) is 25.2 Å². The maximum absolute atomic E-state index is 5.98. The summed E-state index contributed by atoms with van der Waals surface area (Å²) in [5.41, 5.74) is 9.94. The number of ether oxygens (including phenoxy) is 1. The Morgan fingerprint density at radius 1 is 1.25 bits per heavy atom. The monoisotopic (exact) mass is 299 g/mol. The van der Waals surface area contributed by atoms with E-state index in [1.54, 1.807) is 0 Å². The minimum absolute atomic E-state index is 0. The summed E-state index contributed by atoms with van der Waals surface area (Å²) in [7, 11) is 0. The number of aryl methyl sites for hydroxylation is 1. The molecule has 0 aliphatic rings. The Hall–Kier alpha value is -0.730. The second-order valence-electron chi connectivity index (χ2n) is 6.56. The van der Waals surface area contributed by atoms with E-state index >= 15 is 0 Å². The van der Waals surface area contributed by atoms with E-state index in [1.165, 1.54) is 16.7 Å². The SMILES string of the molecule is CCCOc1c(C)cc(C(C)(C)C)cc1CC(C)N.Cl. The summed E-state index contributed by atoms with van der Waals surface area (Å²) >= 11 is 0. The Morgan fingerprint density at radius 3 is 2.30 bits per heavy atom. The van der Waals surface area contributed by atoms with Crippen molar-refractivity contribution in [3.8, 4) is 5.75 Å². The molecule has 0 aliphatic heterocycles. The van der Waals surface area contributed by atoms with Crippen LogP contribution in [0, 0.1) is 6.92 Å². The van der Waals surface area contributed by atoms with Crippen LogP contribution in [0.25, 0.3) is 0 Å². The predicted molar refractivity (Wildman–Crippen MR) is 90.3 cm³/mol. The fraction of sp³-hybridized carbons (Fsp3) is 0.647. The number of rotatable bonds is 5. The average Bonchev–Trinajstić information content (AvgIpc) is 2.25. The molecule has 0 aromatic heterocycles. The lowest BCUT2D eigenvalue weighted by molar-refractivity contribution is 0.311. The van der Waals surface area contributed by atoms with Crippen LogP contribution >= 0.6 is 12.4 Å². The van der Waals surface area contributed by atoms with E-state index < -0.39 is 0 Å². The molecule has 2 N–H and O–H groups in total. The largest absolute Gasteiger partial charge is 0.493 e. The molecule has 0 aliphatic carbocycles.